The molecular formula is C42H50N4O5. The number of benzene rings is 4. The Balaban J connectivity index is 0.000000199. The molecule has 51 heavy (non-hydrogen) atoms. The van der Waals surface area contributed by atoms with Gasteiger partial charge >= 0.3 is 11.9 Å². The third-order valence-corrected chi connectivity index (χ3v) is 9.72. The molecule has 0 aromatic heterocycles. The first kappa shape index (κ1) is 37.4. The molecule has 2 atom stereocenters. The molecule has 6 rings (SSSR count). The van der Waals surface area contributed by atoms with Gasteiger partial charge in [-0.1, -0.05) is 72.8 Å². The van der Waals surface area contributed by atoms with Crippen LogP contribution in [-0.4, -0.2) is 55.0 Å². The molecule has 0 saturated carbocycles. The number of nitrogens with zero attached hydrogens (tertiary/aromatic N) is 2. The Bertz CT molecular complexity index is 1820. The van der Waals surface area contributed by atoms with Crippen molar-refractivity contribution in [3.05, 3.63) is 141 Å². The van der Waals surface area contributed by atoms with Crippen LogP contribution < -0.4 is 11.1 Å². The predicted octanol–water partition coefficient (Wildman–Crippen LogP) is 6.28. The first-order valence-electron chi connectivity index (χ1n) is 17.6. The molecule has 9 heteroatoms. The Morgan fingerprint density at radius 2 is 1.12 bits per heavy atom. The summed E-state index contributed by atoms with van der Waals surface area (Å²) in [5.41, 5.74) is 16.7. The maximum atomic E-state index is 11.9. The predicted molar refractivity (Wildman–Crippen MR) is 199 cm³/mol. The molecule has 3 N–H and O–H groups in total. The second-order valence-corrected chi connectivity index (χ2v) is 13.5. The SMILES string of the molecule is COC(=O)c1cccc2c1CCN(Cc1ccc([C@H](C)N)cc1)C2.COC(=O)c1cccc2c1CCN(Cc1ccc([C@H](C)NC(C)=O)cc1)C2. The lowest BCUT2D eigenvalue weighted by atomic mass is 9.94. The summed E-state index contributed by atoms with van der Waals surface area (Å²) in [6.07, 6.45) is 1.72. The highest BCUT2D eigenvalue weighted by atomic mass is 16.5. The molecule has 4 aromatic rings. The summed E-state index contributed by atoms with van der Waals surface area (Å²) in [4.78, 5) is 39.8. The second kappa shape index (κ2) is 17.4. The molecule has 9 nitrogen and oxygen atoms in total. The number of hydrogen-bond donors (Lipinski definition) is 2. The van der Waals surface area contributed by atoms with Crippen LogP contribution in [0, 0.1) is 0 Å². The van der Waals surface area contributed by atoms with Gasteiger partial charge in [-0.25, -0.2) is 9.59 Å². The summed E-state index contributed by atoms with van der Waals surface area (Å²) in [6.45, 7) is 10.8. The topological polar surface area (TPSA) is 114 Å². The van der Waals surface area contributed by atoms with Crippen molar-refractivity contribution in [2.24, 2.45) is 5.73 Å². The van der Waals surface area contributed by atoms with Crippen LogP contribution in [0.15, 0.2) is 84.9 Å². The molecule has 2 heterocycles. The minimum absolute atomic E-state index is 0.00940. The molecular weight excluding hydrogens is 640 g/mol. The smallest absolute Gasteiger partial charge is 0.338 e. The van der Waals surface area contributed by atoms with E-state index in [1.807, 2.05) is 38.1 Å². The Labute approximate surface area is 301 Å². The second-order valence-electron chi connectivity index (χ2n) is 13.5. The fourth-order valence-corrected chi connectivity index (χ4v) is 6.95. The molecule has 268 valence electrons. The van der Waals surface area contributed by atoms with Gasteiger partial charge in [0.15, 0.2) is 0 Å². The van der Waals surface area contributed by atoms with E-state index in [4.69, 9.17) is 15.2 Å². The monoisotopic (exact) mass is 690 g/mol. The quantitative estimate of drug-likeness (QED) is 0.198. The molecule has 0 fully saturated rings. The summed E-state index contributed by atoms with van der Waals surface area (Å²) in [7, 11) is 2.86. The number of nitrogens with two attached hydrogens (primary N) is 1. The maximum Gasteiger partial charge on any atom is 0.338 e. The van der Waals surface area contributed by atoms with Gasteiger partial charge in [-0.3, -0.25) is 14.6 Å². The number of hydrogen-bond acceptors (Lipinski definition) is 8. The average Bonchev–Trinajstić information content (AvgIpc) is 3.14. The van der Waals surface area contributed by atoms with E-state index in [0.717, 1.165) is 74.4 Å². The van der Waals surface area contributed by atoms with Gasteiger partial charge in [-0.15, -0.1) is 0 Å². The lowest BCUT2D eigenvalue weighted by Crippen LogP contribution is -2.31. The van der Waals surface area contributed by atoms with Gasteiger partial charge in [-0.05, 0) is 83.3 Å². The van der Waals surface area contributed by atoms with E-state index in [2.05, 4.69) is 75.8 Å². The van der Waals surface area contributed by atoms with Gasteiger partial charge in [0.2, 0.25) is 5.91 Å². The minimum Gasteiger partial charge on any atom is -0.465 e. The third-order valence-electron chi connectivity index (χ3n) is 9.72. The van der Waals surface area contributed by atoms with E-state index in [0.29, 0.717) is 11.1 Å². The van der Waals surface area contributed by atoms with Gasteiger partial charge < -0.3 is 20.5 Å². The van der Waals surface area contributed by atoms with Gasteiger partial charge in [-0.2, -0.15) is 0 Å². The van der Waals surface area contributed by atoms with Crippen molar-refractivity contribution < 1.29 is 23.9 Å². The number of methoxy groups -OCH3 is 2. The van der Waals surface area contributed by atoms with Crippen molar-refractivity contribution in [2.45, 2.75) is 71.9 Å². The Morgan fingerprint density at radius 3 is 1.51 bits per heavy atom. The maximum absolute atomic E-state index is 11.9. The van der Waals surface area contributed by atoms with E-state index in [9.17, 15) is 14.4 Å². The Kier molecular flexibility index (Phi) is 12.8. The van der Waals surface area contributed by atoms with Crippen LogP contribution in [0.2, 0.25) is 0 Å². The van der Waals surface area contributed by atoms with Crippen LogP contribution in [-0.2, 0) is 53.3 Å². The first-order chi connectivity index (χ1) is 24.6. The third kappa shape index (κ3) is 9.70. The van der Waals surface area contributed by atoms with Crippen molar-refractivity contribution in [2.75, 3.05) is 27.3 Å². The van der Waals surface area contributed by atoms with Gasteiger partial charge in [0.25, 0.3) is 0 Å². The molecule has 1 amide bonds. The van der Waals surface area contributed by atoms with E-state index in [-0.39, 0.29) is 29.9 Å². The minimum atomic E-state index is -0.260. The lowest BCUT2D eigenvalue weighted by molar-refractivity contribution is -0.119. The number of ether oxygens (including phenoxy) is 2. The zero-order chi connectivity index (χ0) is 36.5. The zero-order valence-corrected chi connectivity index (χ0v) is 30.4. The highest BCUT2D eigenvalue weighted by molar-refractivity contribution is 5.92. The van der Waals surface area contributed by atoms with E-state index in [1.165, 1.54) is 43.4 Å². The van der Waals surface area contributed by atoms with Crippen LogP contribution in [0.25, 0.3) is 0 Å². The highest BCUT2D eigenvalue weighted by Crippen LogP contribution is 2.26. The van der Waals surface area contributed by atoms with E-state index in [1.54, 1.807) is 0 Å². The van der Waals surface area contributed by atoms with Crippen LogP contribution in [0.4, 0.5) is 0 Å². The molecule has 4 aromatic carbocycles. The van der Waals surface area contributed by atoms with Crippen molar-refractivity contribution in [3.8, 4) is 0 Å². The fourth-order valence-electron chi connectivity index (χ4n) is 6.95. The summed E-state index contributed by atoms with van der Waals surface area (Å²) in [6, 6.07) is 28.7. The number of rotatable bonds is 9. The largest absolute Gasteiger partial charge is 0.465 e. The van der Waals surface area contributed by atoms with E-state index < -0.39 is 0 Å². The average molecular weight is 691 g/mol. The van der Waals surface area contributed by atoms with Gasteiger partial charge in [0.05, 0.1) is 31.4 Å². The van der Waals surface area contributed by atoms with Gasteiger partial charge in [0, 0.05) is 52.2 Å². The molecule has 0 spiro atoms. The molecule has 0 unspecified atom stereocenters. The van der Waals surface area contributed by atoms with Crippen molar-refractivity contribution >= 4 is 17.8 Å². The highest BCUT2D eigenvalue weighted by Gasteiger charge is 2.23. The molecule has 2 aliphatic rings. The summed E-state index contributed by atoms with van der Waals surface area (Å²) >= 11 is 0. The van der Waals surface area contributed by atoms with Crippen LogP contribution in [0.3, 0.4) is 0 Å². The van der Waals surface area contributed by atoms with Crippen molar-refractivity contribution in [3.63, 3.8) is 0 Å². The summed E-state index contributed by atoms with van der Waals surface area (Å²) < 4.78 is 9.79. The fraction of sp³-hybridized carbons (Fsp3) is 0.357. The van der Waals surface area contributed by atoms with Crippen molar-refractivity contribution in [1.82, 2.24) is 15.1 Å². The van der Waals surface area contributed by atoms with Crippen LogP contribution in [0.5, 0.6) is 0 Å². The Morgan fingerprint density at radius 1 is 0.686 bits per heavy atom. The number of amides is 1. The molecule has 0 radical (unpaired) electrons. The zero-order valence-electron chi connectivity index (χ0n) is 30.4. The van der Waals surface area contributed by atoms with Crippen molar-refractivity contribution in [1.29, 1.82) is 0 Å². The van der Waals surface area contributed by atoms with Crippen LogP contribution >= 0.6 is 0 Å². The van der Waals surface area contributed by atoms with E-state index >= 15 is 0 Å². The summed E-state index contributed by atoms with van der Waals surface area (Å²) in [5.74, 6) is -0.527. The van der Waals surface area contributed by atoms with Crippen LogP contribution in [0.1, 0.15) is 98.1 Å². The first-order valence-corrected chi connectivity index (χ1v) is 17.6. The summed E-state index contributed by atoms with van der Waals surface area (Å²) in [5, 5.41) is 2.90. The standard InChI is InChI=1S/C22H26N2O3.C20H24N2O2/c1-15(23-16(2)25)18-9-7-17(8-10-18)13-24-12-11-20-19(14-24)5-4-6-21(20)22(26)27-3;1-14(21)16-8-6-15(7-9-16)12-22-11-10-18-17(13-22)4-3-5-19(18)20(23)24-2/h4-10,15H,11-14H2,1-3H3,(H,23,25);3-9,14H,10-13,21H2,1-2H3/t15-;14-/m00/s1. The Hall–Kier alpha value is -4.83. The number of esters is 2. The molecule has 0 saturated heterocycles. The molecule has 2 aliphatic heterocycles. The number of carbonyl (C=O) groups is 3. The molecule has 0 bridgehead atoms. The number of carbonyl (C=O) groups excluding carboxylic acids is 3. The van der Waals surface area contributed by atoms with Gasteiger partial charge in [0.1, 0.15) is 0 Å². The number of fused-ring (bicyclic) bond motifs is 2. The lowest BCUT2D eigenvalue weighted by Gasteiger charge is -2.29. The normalized spacial score (nSPS) is 15.3. The number of nitrogens with one attached hydrogen (secondary N) is 1. The molecule has 0 aliphatic carbocycles.